The molecule has 0 aliphatic carbocycles. The van der Waals surface area contributed by atoms with E-state index in [0.29, 0.717) is 19.0 Å². The van der Waals surface area contributed by atoms with Crippen LogP contribution in [0.5, 0.6) is 0 Å². The molecular weight excluding hydrogens is 336 g/mol. The average Bonchev–Trinajstić information content (AvgIpc) is 2.69. The lowest BCUT2D eigenvalue weighted by Gasteiger charge is -2.31. The number of para-hydroxylation sites is 1. The van der Waals surface area contributed by atoms with E-state index in [9.17, 15) is 9.59 Å². The Morgan fingerprint density at radius 2 is 1.63 bits per heavy atom. The lowest BCUT2D eigenvalue weighted by atomic mass is 9.90. The fourth-order valence-electron chi connectivity index (χ4n) is 3.72. The maximum absolute atomic E-state index is 12.6. The Balaban J connectivity index is 1.54. The number of rotatable bonds is 4. The second kappa shape index (κ2) is 8.85. The number of amides is 2. The Morgan fingerprint density at radius 1 is 1.00 bits per heavy atom. The Bertz CT molecular complexity index is 778. The lowest BCUT2D eigenvalue weighted by Crippen LogP contribution is -2.44. The van der Waals surface area contributed by atoms with Gasteiger partial charge in [0.25, 0.3) is 0 Å². The summed E-state index contributed by atoms with van der Waals surface area (Å²) in [7, 11) is 0. The molecule has 0 saturated carbocycles. The first-order valence-electron chi connectivity index (χ1n) is 9.77. The van der Waals surface area contributed by atoms with Gasteiger partial charge in [-0.05, 0) is 48.3 Å². The van der Waals surface area contributed by atoms with Crippen molar-refractivity contribution in [2.24, 2.45) is 5.92 Å². The summed E-state index contributed by atoms with van der Waals surface area (Å²) in [4.78, 5) is 26.7. The highest BCUT2D eigenvalue weighted by atomic mass is 16.2. The predicted molar refractivity (Wildman–Crippen MR) is 109 cm³/mol. The molecule has 0 aromatic heterocycles. The maximum Gasteiger partial charge on any atom is 0.313 e. The van der Waals surface area contributed by atoms with Crippen molar-refractivity contribution in [3.63, 3.8) is 0 Å². The second-order valence-electron chi connectivity index (χ2n) is 7.62. The van der Waals surface area contributed by atoms with Crippen molar-refractivity contribution in [3.8, 4) is 0 Å². The minimum absolute atomic E-state index is 0.283. The zero-order chi connectivity index (χ0) is 19.2. The number of piperidine rings is 1. The molecule has 0 unspecified atom stereocenters. The van der Waals surface area contributed by atoms with E-state index in [-0.39, 0.29) is 5.92 Å². The standard InChI is InChI=1S/C23H28N2O2/c1-17(2)20-10-6-7-11-21(20)24-22(26)23(27)25-14-12-19(13-15-25)16-18-8-4-3-5-9-18/h3-11,17,19H,12-16H2,1-2H3,(H,24,26). The summed E-state index contributed by atoms with van der Waals surface area (Å²) < 4.78 is 0. The molecule has 142 valence electrons. The van der Waals surface area contributed by atoms with E-state index in [4.69, 9.17) is 0 Å². The van der Waals surface area contributed by atoms with Gasteiger partial charge in [0.05, 0.1) is 0 Å². The molecule has 3 rings (SSSR count). The molecule has 0 atom stereocenters. The first kappa shape index (κ1) is 19.2. The summed E-state index contributed by atoms with van der Waals surface area (Å²) in [6.07, 6.45) is 2.92. The van der Waals surface area contributed by atoms with Crippen LogP contribution in [0.4, 0.5) is 5.69 Å². The fourth-order valence-corrected chi connectivity index (χ4v) is 3.72. The highest BCUT2D eigenvalue weighted by Crippen LogP contribution is 2.25. The van der Waals surface area contributed by atoms with Crippen molar-refractivity contribution >= 4 is 17.5 Å². The van der Waals surface area contributed by atoms with Crippen LogP contribution < -0.4 is 5.32 Å². The van der Waals surface area contributed by atoms with E-state index in [1.807, 2.05) is 30.3 Å². The number of anilines is 1. The highest BCUT2D eigenvalue weighted by Gasteiger charge is 2.27. The largest absolute Gasteiger partial charge is 0.334 e. The van der Waals surface area contributed by atoms with Crippen LogP contribution in [0, 0.1) is 5.92 Å². The summed E-state index contributed by atoms with van der Waals surface area (Å²) in [5, 5.41) is 2.81. The third kappa shape index (κ3) is 4.97. The molecule has 1 aliphatic heterocycles. The van der Waals surface area contributed by atoms with Gasteiger partial charge in [0.1, 0.15) is 0 Å². The van der Waals surface area contributed by atoms with E-state index < -0.39 is 11.8 Å². The molecule has 1 N–H and O–H groups in total. The van der Waals surface area contributed by atoms with Gasteiger partial charge in [0, 0.05) is 18.8 Å². The zero-order valence-corrected chi connectivity index (χ0v) is 16.2. The van der Waals surface area contributed by atoms with Gasteiger partial charge in [-0.15, -0.1) is 0 Å². The van der Waals surface area contributed by atoms with E-state index in [1.165, 1.54) is 5.56 Å². The Kier molecular flexibility index (Phi) is 6.28. The molecule has 2 aromatic rings. The summed E-state index contributed by atoms with van der Waals surface area (Å²) >= 11 is 0. The number of benzene rings is 2. The van der Waals surface area contributed by atoms with Gasteiger partial charge < -0.3 is 10.2 Å². The van der Waals surface area contributed by atoms with E-state index in [1.54, 1.807) is 4.90 Å². The molecule has 2 aromatic carbocycles. The number of hydrogen-bond donors (Lipinski definition) is 1. The van der Waals surface area contributed by atoms with Crippen LogP contribution in [0.25, 0.3) is 0 Å². The summed E-state index contributed by atoms with van der Waals surface area (Å²) in [6, 6.07) is 18.1. The first-order chi connectivity index (χ1) is 13.0. The maximum atomic E-state index is 12.6. The van der Waals surface area contributed by atoms with E-state index >= 15 is 0 Å². The third-order valence-electron chi connectivity index (χ3n) is 5.29. The van der Waals surface area contributed by atoms with Crippen LogP contribution >= 0.6 is 0 Å². The SMILES string of the molecule is CC(C)c1ccccc1NC(=O)C(=O)N1CCC(Cc2ccccc2)CC1. The van der Waals surface area contributed by atoms with E-state index in [2.05, 4.69) is 43.4 Å². The number of nitrogens with one attached hydrogen (secondary N) is 1. The number of hydrogen-bond acceptors (Lipinski definition) is 2. The molecule has 2 amide bonds. The van der Waals surface area contributed by atoms with Gasteiger partial charge in [0.15, 0.2) is 0 Å². The van der Waals surface area contributed by atoms with Crippen LogP contribution in [-0.4, -0.2) is 29.8 Å². The van der Waals surface area contributed by atoms with Crippen molar-refractivity contribution < 1.29 is 9.59 Å². The van der Waals surface area contributed by atoms with Crippen LogP contribution in [0.15, 0.2) is 54.6 Å². The quantitative estimate of drug-likeness (QED) is 0.826. The fraction of sp³-hybridized carbons (Fsp3) is 0.391. The van der Waals surface area contributed by atoms with Crippen LogP contribution in [0.2, 0.25) is 0 Å². The molecule has 4 nitrogen and oxygen atoms in total. The molecular formula is C23H28N2O2. The number of carbonyl (C=O) groups excluding carboxylic acids is 2. The molecule has 4 heteroatoms. The van der Waals surface area contributed by atoms with Gasteiger partial charge in [-0.1, -0.05) is 62.4 Å². The predicted octanol–water partition coefficient (Wildman–Crippen LogP) is 4.23. The molecule has 1 aliphatic rings. The highest BCUT2D eigenvalue weighted by molar-refractivity contribution is 6.39. The molecule has 0 radical (unpaired) electrons. The molecule has 0 bridgehead atoms. The molecule has 1 saturated heterocycles. The summed E-state index contributed by atoms with van der Waals surface area (Å²) in [5.74, 6) is -0.108. The Labute approximate surface area is 161 Å². The molecule has 27 heavy (non-hydrogen) atoms. The smallest absolute Gasteiger partial charge is 0.313 e. The first-order valence-corrected chi connectivity index (χ1v) is 9.77. The topological polar surface area (TPSA) is 49.4 Å². The number of nitrogens with zero attached hydrogens (tertiary/aromatic N) is 1. The van der Waals surface area contributed by atoms with Crippen LogP contribution in [-0.2, 0) is 16.0 Å². The van der Waals surface area contributed by atoms with Crippen LogP contribution in [0.3, 0.4) is 0 Å². The minimum atomic E-state index is -0.537. The van der Waals surface area contributed by atoms with E-state index in [0.717, 1.165) is 30.5 Å². The normalized spacial score (nSPS) is 15.0. The second-order valence-corrected chi connectivity index (χ2v) is 7.62. The van der Waals surface area contributed by atoms with Crippen molar-refractivity contribution in [3.05, 3.63) is 65.7 Å². The van der Waals surface area contributed by atoms with Crippen molar-refractivity contribution in [2.75, 3.05) is 18.4 Å². The monoisotopic (exact) mass is 364 g/mol. The zero-order valence-electron chi connectivity index (χ0n) is 16.2. The Morgan fingerprint density at radius 3 is 2.30 bits per heavy atom. The summed E-state index contributed by atoms with van der Waals surface area (Å²) in [6.45, 7) is 5.44. The van der Waals surface area contributed by atoms with Gasteiger partial charge in [0.2, 0.25) is 0 Å². The lowest BCUT2D eigenvalue weighted by molar-refractivity contribution is -0.144. The average molecular weight is 364 g/mol. The van der Waals surface area contributed by atoms with Crippen molar-refractivity contribution in [1.29, 1.82) is 0 Å². The van der Waals surface area contributed by atoms with Gasteiger partial charge in [-0.25, -0.2) is 0 Å². The van der Waals surface area contributed by atoms with Crippen LogP contribution in [0.1, 0.15) is 43.7 Å². The molecule has 1 heterocycles. The van der Waals surface area contributed by atoms with Crippen molar-refractivity contribution in [1.82, 2.24) is 4.90 Å². The van der Waals surface area contributed by atoms with Crippen molar-refractivity contribution in [2.45, 2.75) is 39.0 Å². The molecule has 0 spiro atoms. The Hall–Kier alpha value is -2.62. The third-order valence-corrected chi connectivity index (χ3v) is 5.29. The van der Waals surface area contributed by atoms with Gasteiger partial charge in [-0.2, -0.15) is 0 Å². The summed E-state index contributed by atoms with van der Waals surface area (Å²) in [5.41, 5.74) is 3.11. The molecule has 1 fully saturated rings. The van der Waals surface area contributed by atoms with Gasteiger partial charge in [-0.3, -0.25) is 9.59 Å². The number of carbonyl (C=O) groups is 2. The number of likely N-dealkylation sites (tertiary alicyclic amines) is 1. The van der Waals surface area contributed by atoms with Gasteiger partial charge >= 0.3 is 11.8 Å². The minimum Gasteiger partial charge on any atom is -0.334 e.